The van der Waals surface area contributed by atoms with E-state index in [1.807, 2.05) is 18.2 Å². The van der Waals surface area contributed by atoms with E-state index in [-0.39, 0.29) is 5.41 Å². The fraction of sp³-hybridized carbons (Fsp3) is 0.500. The maximum absolute atomic E-state index is 6.21. The normalized spacial score (nSPS) is 31.2. The van der Waals surface area contributed by atoms with E-state index < -0.39 is 0 Å². The summed E-state index contributed by atoms with van der Waals surface area (Å²) in [7, 11) is 0. The highest BCUT2D eigenvalue weighted by molar-refractivity contribution is 6.31. The molecule has 0 amide bonds. The lowest BCUT2D eigenvalue weighted by molar-refractivity contribution is 0.146. The third-order valence-electron chi connectivity index (χ3n) is 3.74. The Morgan fingerprint density at radius 1 is 1.50 bits per heavy atom. The minimum Gasteiger partial charge on any atom is -0.330 e. The molecule has 2 rings (SSSR count). The van der Waals surface area contributed by atoms with Crippen LogP contribution in [-0.2, 0) is 5.41 Å². The lowest BCUT2D eigenvalue weighted by atomic mass is 9.57. The second kappa shape index (κ2) is 3.56. The summed E-state index contributed by atoms with van der Waals surface area (Å²) in [5, 5.41) is 0.865. The van der Waals surface area contributed by atoms with Gasteiger partial charge in [-0.1, -0.05) is 36.7 Å². The Morgan fingerprint density at radius 3 is 2.64 bits per heavy atom. The van der Waals surface area contributed by atoms with Crippen LogP contribution in [0.4, 0.5) is 0 Å². The second-order valence-corrected chi connectivity index (χ2v) is 4.69. The molecule has 2 heteroatoms. The van der Waals surface area contributed by atoms with Crippen molar-refractivity contribution in [3.8, 4) is 0 Å². The van der Waals surface area contributed by atoms with Gasteiger partial charge in [0.05, 0.1) is 0 Å². The van der Waals surface area contributed by atoms with Gasteiger partial charge < -0.3 is 5.73 Å². The van der Waals surface area contributed by atoms with Crippen molar-refractivity contribution in [1.82, 2.24) is 0 Å². The fourth-order valence-electron chi connectivity index (χ4n) is 2.46. The Labute approximate surface area is 90.3 Å². The first-order valence-electron chi connectivity index (χ1n) is 5.16. The van der Waals surface area contributed by atoms with E-state index in [0.717, 1.165) is 5.02 Å². The monoisotopic (exact) mass is 209 g/mol. The van der Waals surface area contributed by atoms with Gasteiger partial charge in [-0.25, -0.2) is 0 Å². The lowest BCUT2D eigenvalue weighted by Crippen LogP contribution is -2.48. The zero-order chi connectivity index (χ0) is 10.2. The molecule has 1 aromatic carbocycles. The quantitative estimate of drug-likeness (QED) is 0.797. The SMILES string of the molecule is CC1CCC1(CN)c1ccccc1Cl. The van der Waals surface area contributed by atoms with Crippen molar-refractivity contribution in [2.45, 2.75) is 25.2 Å². The number of halogens is 1. The molecule has 2 N–H and O–H groups in total. The van der Waals surface area contributed by atoms with E-state index in [0.29, 0.717) is 12.5 Å². The van der Waals surface area contributed by atoms with Gasteiger partial charge in [-0.2, -0.15) is 0 Å². The third kappa shape index (κ3) is 1.27. The summed E-state index contributed by atoms with van der Waals surface area (Å²) in [5.41, 5.74) is 7.29. The second-order valence-electron chi connectivity index (χ2n) is 4.28. The molecule has 1 aromatic rings. The van der Waals surface area contributed by atoms with Crippen LogP contribution in [-0.4, -0.2) is 6.54 Å². The van der Waals surface area contributed by atoms with Crippen molar-refractivity contribution < 1.29 is 0 Å². The van der Waals surface area contributed by atoms with Gasteiger partial charge in [0.1, 0.15) is 0 Å². The molecule has 0 aromatic heterocycles. The van der Waals surface area contributed by atoms with Crippen LogP contribution in [0, 0.1) is 5.92 Å². The van der Waals surface area contributed by atoms with Crippen LogP contribution >= 0.6 is 11.6 Å². The molecule has 1 fully saturated rings. The van der Waals surface area contributed by atoms with Gasteiger partial charge >= 0.3 is 0 Å². The summed E-state index contributed by atoms with van der Waals surface area (Å²) in [6.07, 6.45) is 2.44. The molecule has 1 saturated carbocycles. The first kappa shape index (κ1) is 10.0. The molecule has 0 radical (unpaired) electrons. The molecule has 14 heavy (non-hydrogen) atoms. The molecule has 0 aliphatic heterocycles. The highest BCUT2D eigenvalue weighted by Gasteiger charge is 2.45. The van der Waals surface area contributed by atoms with Gasteiger partial charge in [-0.05, 0) is 30.4 Å². The topological polar surface area (TPSA) is 26.0 Å². The average molecular weight is 210 g/mol. The summed E-state index contributed by atoms with van der Waals surface area (Å²) < 4.78 is 0. The van der Waals surface area contributed by atoms with Crippen LogP contribution in [0.3, 0.4) is 0 Å². The number of rotatable bonds is 2. The summed E-state index contributed by atoms with van der Waals surface area (Å²) in [5.74, 6) is 0.660. The third-order valence-corrected chi connectivity index (χ3v) is 4.07. The molecule has 2 unspecified atom stereocenters. The van der Waals surface area contributed by atoms with E-state index in [1.165, 1.54) is 18.4 Å². The Kier molecular flexibility index (Phi) is 2.54. The number of hydrogen-bond acceptors (Lipinski definition) is 1. The van der Waals surface area contributed by atoms with Gasteiger partial charge in [0.2, 0.25) is 0 Å². The largest absolute Gasteiger partial charge is 0.330 e. The van der Waals surface area contributed by atoms with Crippen molar-refractivity contribution in [1.29, 1.82) is 0 Å². The molecule has 1 aliphatic rings. The highest BCUT2D eigenvalue weighted by Crippen LogP contribution is 2.49. The van der Waals surface area contributed by atoms with Crippen LogP contribution in [0.25, 0.3) is 0 Å². The van der Waals surface area contributed by atoms with E-state index in [4.69, 9.17) is 17.3 Å². The predicted octanol–water partition coefficient (Wildman–Crippen LogP) is 2.97. The van der Waals surface area contributed by atoms with Crippen molar-refractivity contribution in [3.05, 3.63) is 34.9 Å². The van der Waals surface area contributed by atoms with Crippen molar-refractivity contribution in [3.63, 3.8) is 0 Å². The van der Waals surface area contributed by atoms with E-state index in [1.54, 1.807) is 0 Å². The molecule has 0 saturated heterocycles. The number of benzene rings is 1. The van der Waals surface area contributed by atoms with Crippen LogP contribution < -0.4 is 5.73 Å². The summed E-state index contributed by atoms with van der Waals surface area (Å²) in [6.45, 7) is 2.97. The Hall–Kier alpha value is -0.530. The molecular weight excluding hydrogens is 194 g/mol. The van der Waals surface area contributed by atoms with E-state index in [9.17, 15) is 0 Å². The first-order valence-corrected chi connectivity index (χ1v) is 5.53. The van der Waals surface area contributed by atoms with Crippen LogP contribution in [0.5, 0.6) is 0 Å². The van der Waals surface area contributed by atoms with Crippen molar-refractivity contribution >= 4 is 11.6 Å². The molecule has 0 bridgehead atoms. The summed E-state index contributed by atoms with van der Waals surface area (Å²) in [4.78, 5) is 0. The molecule has 76 valence electrons. The predicted molar refractivity (Wildman–Crippen MR) is 60.6 cm³/mol. The fourth-order valence-corrected chi connectivity index (χ4v) is 2.78. The van der Waals surface area contributed by atoms with Crippen LogP contribution in [0.15, 0.2) is 24.3 Å². The Morgan fingerprint density at radius 2 is 2.21 bits per heavy atom. The van der Waals surface area contributed by atoms with Crippen molar-refractivity contribution in [2.75, 3.05) is 6.54 Å². The van der Waals surface area contributed by atoms with Crippen molar-refractivity contribution in [2.24, 2.45) is 11.7 Å². The Bertz CT molecular complexity index is 333. The molecule has 0 heterocycles. The van der Waals surface area contributed by atoms with E-state index in [2.05, 4.69) is 13.0 Å². The number of hydrogen-bond donors (Lipinski definition) is 1. The van der Waals surface area contributed by atoms with Gasteiger partial charge in [-0.15, -0.1) is 0 Å². The highest BCUT2D eigenvalue weighted by atomic mass is 35.5. The Balaban J connectivity index is 2.42. The molecule has 0 spiro atoms. The summed E-state index contributed by atoms with van der Waals surface area (Å²) >= 11 is 6.21. The van der Waals surface area contributed by atoms with Crippen LogP contribution in [0.2, 0.25) is 5.02 Å². The average Bonchev–Trinajstić information content (AvgIpc) is 2.20. The van der Waals surface area contributed by atoms with Gasteiger partial charge in [0.15, 0.2) is 0 Å². The van der Waals surface area contributed by atoms with Gasteiger partial charge in [0, 0.05) is 17.0 Å². The van der Waals surface area contributed by atoms with Gasteiger partial charge in [-0.3, -0.25) is 0 Å². The maximum atomic E-state index is 6.21. The molecule has 2 atom stereocenters. The van der Waals surface area contributed by atoms with Crippen LogP contribution in [0.1, 0.15) is 25.3 Å². The smallest absolute Gasteiger partial charge is 0.0444 e. The zero-order valence-corrected chi connectivity index (χ0v) is 9.22. The molecule has 1 aliphatic carbocycles. The molecule has 1 nitrogen and oxygen atoms in total. The standard InChI is InChI=1S/C12H16ClN/c1-9-6-7-12(9,8-14)10-4-2-3-5-11(10)13/h2-5,9H,6-8,14H2,1H3. The molecular formula is C12H16ClN. The van der Waals surface area contributed by atoms with Gasteiger partial charge in [0.25, 0.3) is 0 Å². The lowest BCUT2D eigenvalue weighted by Gasteiger charge is -2.48. The minimum absolute atomic E-state index is 0.151. The maximum Gasteiger partial charge on any atom is 0.0444 e. The number of nitrogens with two attached hydrogens (primary N) is 1. The zero-order valence-electron chi connectivity index (χ0n) is 8.46. The minimum atomic E-state index is 0.151. The van der Waals surface area contributed by atoms with E-state index >= 15 is 0 Å². The summed E-state index contributed by atoms with van der Waals surface area (Å²) in [6, 6.07) is 8.09. The first-order chi connectivity index (χ1) is 6.70.